The van der Waals surface area contributed by atoms with E-state index in [1.165, 1.54) is 0 Å². The zero-order valence-electron chi connectivity index (χ0n) is 15.0. The van der Waals surface area contributed by atoms with Crippen LogP contribution in [-0.4, -0.2) is 65.0 Å². The molecule has 28 heavy (non-hydrogen) atoms. The summed E-state index contributed by atoms with van der Waals surface area (Å²) >= 11 is 0. The van der Waals surface area contributed by atoms with E-state index in [4.69, 9.17) is 0 Å². The first-order valence-corrected chi connectivity index (χ1v) is 9.32. The normalized spacial score (nSPS) is 21.3. The van der Waals surface area contributed by atoms with Crippen molar-refractivity contribution in [2.45, 2.75) is 37.8 Å². The molecular formula is C17H20N8O3. The third-order valence-corrected chi connectivity index (χ3v) is 5.09. The lowest BCUT2D eigenvalue weighted by Gasteiger charge is -2.22. The van der Waals surface area contributed by atoms with Crippen LogP contribution >= 0.6 is 0 Å². The first-order valence-electron chi connectivity index (χ1n) is 9.32. The largest absolute Gasteiger partial charge is 0.493 e. The Bertz CT molecular complexity index is 1210. The third-order valence-electron chi connectivity index (χ3n) is 5.09. The molecule has 0 amide bonds. The minimum Gasteiger partial charge on any atom is -0.493 e. The summed E-state index contributed by atoms with van der Waals surface area (Å²) in [5, 5.41) is 24.5. The molecule has 0 bridgehead atoms. The highest BCUT2D eigenvalue weighted by Gasteiger charge is 2.27. The van der Waals surface area contributed by atoms with Gasteiger partial charge in [0.15, 0.2) is 5.65 Å². The smallest absolute Gasteiger partial charge is 0.326 e. The number of hydrogen-bond donors (Lipinski definition) is 4. The average Bonchev–Trinajstić information content (AvgIpc) is 3.08. The van der Waals surface area contributed by atoms with E-state index in [2.05, 4.69) is 30.0 Å². The van der Waals surface area contributed by atoms with Crippen molar-refractivity contribution in [2.75, 3.05) is 18.1 Å². The summed E-state index contributed by atoms with van der Waals surface area (Å²) in [5.74, 6) is 0.256. The molecule has 146 valence electrons. The quantitative estimate of drug-likeness (QED) is 0.424. The van der Waals surface area contributed by atoms with Crippen molar-refractivity contribution in [1.82, 2.24) is 29.5 Å². The maximum atomic E-state index is 11.4. The van der Waals surface area contributed by atoms with Crippen molar-refractivity contribution >= 4 is 17.7 Å². The van der Waals surface area contributed by atoms with Crippen LogP contribution in [0.3, 0.4) is 0 Å². The highest BCUT2D eigenvalue weighted by atomic mass is 16.3. The van der Waals surface area contributed by atoms with Crippen molar-refractivity contribution in [3.8, 4) is 5.88 Å². The molecule has 3 aromatic heterocycles. The van der Waals surface area contributed by atoms with Gasteiger partial charge in [0.2, 0.25) is 11.8 Å². The molecular weight excluding hydrogens is 364 g/mol. The number of imidazole rings is 1. The zero-order valence-corrected chi connectivity index (χ0v) is 15.0. The number of fused-ring (bicyclic) bond motifs is 1. The Morgan fingerprint density at radius 2 is 2.14 bits per heavy atom. The first-order chi connectivity index (χ1) is 13.6. The molecule has 11 heteroatoms. The summed E-state index contributed by atoms with van der Waals surface area (Å²) in [7, 11) is 0. The topological polar surface area (TPSA) is 148 Å². The van der Waals surface area contributed by atoms with Crippen molar-refractivity contribution in [3.05, 3.63) is 33.2 Å². The van der Waals surface area contributed by atoms with Crippen LogP contribution in [0.15, 0.2) is 16.0 Å². The van der Waals surface area contributed by atoms with Gasteiger partial charge in [-0.25, -0.2) is 9.79 Å². The first kappa shape index (κ1) is 16.9. The Balaban J connectivity index is 1.72. The predicted octanol–water partition coefficient (Wildman–Crippen LogP) is -1.58. The number of aromatic amines is 2. The van der Waals surface area contributed by atoms with Crippen LogP contribution < -0.4 is 21.4 Å². The van der Waals surface area contributed by atoms with Crippen molar-refractivity contribution in [2.24, 2.45) is 4.99 Å². The number of H-pyrrole nitrogens is 2. The van der Waals surface area contributed by atoms with E-state index < -0.39 is 5.69 Å². The van der Waals surface area contributed by atoms with Gasteiger partial charge in [-0.05, 0) is 31.8 Å². The van der Waals surface area contributed by atoms with E-state index in [0.717, 1.165) is 32.2 Å². The molecule has 1 unspecified atom stereocenters. The SMILES string of the molecule is O=c1[nH]c(O)c(C=c2cnn3c(=NC4CC4)nc(N4CCCC4CO)nc23)[nH]1. The van der Waals surface area contributed by atoms with E-state index in [0.29, 0.717) is 22.4 Å². The van der Waals surface area contributed by atoms with Gasteiger partial charge in [-0.2, -0.15) is 19.6 Å². The molecule has 1 saturated carbocycles. The van der Waals surface area contributed by atoms with Gasteiger partial charge in [0.25, 0.3) is 5.62 Å². The summed E-state index contributed by atoms with van der Waals surface area (Å²) < 4.78 is 1.57. The highest BCUT2D eigenvalue weighted by molar-refractivity contribution is 5.57. The molecule has 11 nitrogen and oxygen atoms in total. The number of aliphatic hydroxyl groups is 1. The molecule has 4 N–H and O–H groups in total. The summed E-state index contributed by atoms with van der Waals surface area (Å²) in [5.41, 5.74) is 0.741. The van der Waals surface area contributed by atoms with Crippen molar-refractivity contribution in [1.29, 1.82) is 0 Å². The molecule has 0 radical (unpaired) electrons. The zero-order chi connectivity index (χ0) is 19.3. The number of rotatable bonds is 4. The molecule has 1 saturated heterocycles. The molecule has 2 aliphatic rings. The van der Waals surface area contributed by atoms with Gasteiger partial charge in [-0.3, -0.25) is 4.98 Å². The molecule has 4 heterocycles. The maximum absolute atomic E-state index is 11.4. The van der Waals surface area contributed by atoms with Gasteiger partial charge in [0.05, 0.1) is 24.9 Å². The van der Waals surface area contributed by atoms with Gasteiger partial charge < -0.3 is 20.1 Å². The number of aromatic hydroxyl groups is 1. The number of nitrogens with one attached hydrogen (secondary N) is 2. The van der Waals surface area contributed by atoms with E-state index >= 15 is 0 Å². The van der Waals surface area contributed by atoms with E-state index in [9.17, 15) is 15.0 Å². The summed E-state index contributed by atoms with van der Waals surface area (Å²) in [6.07, 6.45) is 7.10. The number of aromatic nitrogens is 6. The van der Waals surface area contributed by atoms with Crippen LogP contribution in [0.4, 0.5) is 5.95 Å². The summed E-state index contributed by atoms with van der Waals surface area (Å²) in [4.78, 5) is 32.1. The standard InChI is InChI=1S/C17H20N8O3/c26-8-11-2-1-5-24(11)15-21-13-9(6-12-14(27)22-17(28)20-12)7-18-25(13)16(23-15)19-10-3-4-10/h6-7,10-11,26-27H,1-5,8H2,(H2,20,22,28). The molecule has 3 aromatic rings. The fraction of sp³-hybridized carbons (Fsp3) is 0.471. The third kappa shape index (κ3) is 2.93. The molecule has 1 aliphatic carbocycles. The van der Waals surface area contributed by atoms with Crippen molar-refractivity contribution < 1.29 is 10.2 Å². The Kier molecular flexibility index (Phi) is 3.90. The van der Waals surface area contributed by atoms with E-state index in [1.54, 1.807) is 16.8 Å². The van der Waals surface area contributed by atoms with Crippen molar-refractivity contribution in [3.63, 3.8) is 0 Å². The van der Waals surface area contributed by atoms with Crippen LogP contribution in [-0.2, 0) is 0 Å². The van der Waals surface area contributed by atoms with E-state index in [1.807, 2.05) is 4.90 Å². The Morgan fingerprint density at radius 1 is 1.29 bits per heavy atom. The van der Waals surface area contributed by atoms with Gasteiger partial charge in [0, 0.05) is 11.8 Å². The monoisotopic (exact) mass is 384 g/mol. The highest BCUT2D eigenvalue weighted by Crippen LogP contribution is 2.23. The molecule has 1 aliphatic heterocycles. The molecule has 2 fully saturated rings. The number of aliphatic hydroxyl groups excluding tert-OH is 1. The minimum atomic E-state index is -0.497. The predicted molar refractivity (Wildman–Crippen MR) is 98.7 cm³/mol. The van der Waals surface area contributed by atoms with Crippen LogP contribution in [0.25, 0.3) is 11.7 Å². The Morgan fingerprint density at radius 3 is 2.86 bits per heavy atom. The molecule has 0 aromatic carbocycles. The molecule has 5 rings (SSSR count). The summed E-state index contributed by atoms with van der Waals surface area (Å²) in [6, 6.07) is 0.233. The summed E-state index contributed by atoms with van der Waals surface area (Å²) in [6.45, 7) is 0.809. The number of hydrogen-bond acceptors (Lipinski definition) is 8. The molecule has 0 spiro atoms. The maximum Gasteiger partial charge on any atom is 0.326 e. The van der Waals surface area contributed by atoms with Gasteiger partial charge in [-0.1, -0.05) is 0 Å². The van der Waals surface area contributed by atoms with Gasteiger partial charge in [0.1, 0.15) is 5.69 Å². The lowest BCUT2D eigenvalue weighted by Crippen LogP contribution is -2.36. The fourth-order valence-electron chi connectivity index (χ4n) is 3.49. The van der Waals surface area contributed by atoms with Crippen LogP contribution in [0.1, 0.15) is 31.4 Å². The number of nitrogens with zero attached hydrogens (tertiary/aromatic N) is 6. The van der Waals surface area contributed by atoms with E-state index in [-0.39, 0.29) is 30.3 Å². The van der Waals surface area contributed by atoms with Crippen LogP contribution in [0.2, 0.25) is 0 Å². The fourth-order valence-corrected chi connectivity index (χ4v) is 3.49. The molecule has 1 atom stereocenters. The average molecular weight is 384 g/mol. The lowest BCUT2D eigenvalue weighted by atomic mass is 10.2. The minimum absolute atomic E-state index is 0.0170. The van der Waals surface area contributed by atoms with Crippen LogP contribution in [0.5, 0.6) is 5.88 Å². The van der Waals surface area contributed by atoms with Gasteiger partial charge >= 0.3 is 5.69 Å². The van der Waals surface area contributed by atoms with Crippen LogP contribution in [0, 0.1) is 0 Å². The lowest BCUT2D eigenvalue weighted by molar-refractivity contribution is 0.265. The number of anilines is 1. The second kappa shape index (κ2) is 6.44. The Hall–Kier alpha value is -3.21. The second-order valence-corrected chi connectivity index (χ2v) is 7.18. The second-order valence-electron chi connectivity index (χ2n) is 7.18. The van der Waals surface area contributed by atoms with Gasteiger partial charge in [-0.15, -0.1) is 0 Å². The Labute approximate surface area is 158 Å².